The fourth-order valence-electron chi connectivity index (χ4n) is 7.55. The minimum absolute atomic E-state index is 0. The van der Waals surface area contributed by atoms with Crippen LogP contribution in [0.4, 0.5) is 0 Å². The van der Waals surface area contributed by atoms with Crippen LogP contribution in [0.1, 0.15) is 118 Å². The molecule has 0 amide bonds. The van der Waals surface area contributed by atoms with E-state index in [0.717, 1.165) is 34.4 Å². The maximum Gasteiger partial charge on any atom is 0.148 e. The molecule has 0 radical (unpaired) electrons. The molecule has 0 unspecified atom stereocenters. The van der Waals surface area contributed by atoms with Crippen LogP contribution in [0.5, 0.6) is 5.75 Å². The van der Waals surface area contributed by atoms with Crippen molar-refractivity contribution >= 4 is 11.0 Å². The van der Waals surface area contributed by atoms with E-state index in [2.05, 4.69) is 62.2 Å². The number of imidazole rings is 1. The zero-order chi connectivity index (χ0) is 57.0. The van der Waals surface area contributed by atoms with Gasteiger partial charge in [-0.15, -0.1) is 29.3 Å². The van der Waals surface area contributed by atoms with E-state index in [0.29, 0.717) is 44.7 Å². The van der Waals surface area contributed by atoms with Crippen LogP contribution in [-0.4, -0.2) is 19.6 Å². The van der Waals surface area contributed by atoms with E-state index in [9.17, 15) is 6.48 Å². The zero-order valence-electron chi connectivity index (χ0n) is 52.0. The molecule has 0 aliphatic carbocycles. The molecule has 6 aromatic carbocycles. The summed E-state index contributed by atoms with van der Waals surface area (Å²) >= 11 is 0. The largest absolute Gasteiger partial charge is 0.507 e. The minimum atomic E-state index is -3.92. The standard InChI is InChI=1S/C57H58N3O.Pt/c1-12-57(10,11)44-25-26-50(47(35-44)39-17-14-13-15-18-39)60-51-20-16-19-46(52(51)59-54(60)48-30-36(2)29-37(3)53(48)61)41-31-42(33-45(32-41)56(7,8)9)49-34-40(27-28-58-49)38-21-23-43(24-22-38)55(4,5)6;/h13-30,32-35,61H,12H2,1-11H3;/q-1;/i4D3,5D3,6D3,21D,22D,23D,24D,27D,28D,34D;. The van der Waals surface area contributed by atoms with Gasteiger partial charge in [0.25, 0.3) is 0 Å². The van der Waals surface area contributed by atoms with Gasteiger partial charge in [-0.2, -0.15) is 0 Å². The van der Waals surface area contributed by atoms with Gasteiger partial charge in [0.15, 0.2) is 0 Å². The van der Waals surface area contributed by atoms with Gasteiger partial charge < -0.3 is 5.11 Å². The first-order chi connectivity index (χ1) is 35.6. The number of benzene rings is 6. The molecule has 0 atom stereocenters. The van der Waals surface area contributed by atoms with Crippen LogP contribution in [0.2, 0.25) is 0 Å². The molecule has 0 saturated heterocycles. The molecule has 0 aliphatic heterocycles. The van der Waals surface area contributed by atoms with Crippen molar-refractivity contribution < 1.29 is 48.1 Å². The first-order valence-electron chi connectivity index (χ1n) is 28.3. The Hall–Kier alpha value is -5.57. The summed E-state index contributed by atoms with van der Waals surface area (Å²) in [5.41, 5.74) is 1.26. The summed E-state index contributed by atoms with van der Waals surface area (Å²) in [6, 6.07) is 26.6. The Balaban J connectivity index is 0.00000882. The Morgan fingerprint density at radius 3 is 2.11 bits per heavy atom. The number of aromatic nitrogens is 3. The molecule has 62 heavy (non-hydrogen) atoms. The summed E-state index contributed by atoms with van der Waals surface area (Å²) in [5, 5.41) is 11.9. The van der Waals surface area contributed by atoms with Gasteiger partial charge in [0.05, 0.1) is 31.9 Å². The van der Waals surface area contributed by atoms with Gasteiger partial charge in [0.2, 0.25) is 0 Å². The smallest absolute Gasteiger partial charge is 0.148 e. The molecule has 1 N–H and O–H groups in total. The molecular weight excluding hydrogens is 938 g/mol. The van der Waals surface area contributed by atoms with Gasteiger partial charge >= 0.3 is 0 Å². The van der Waals surface area contributed by atoms with E-state index in [1.54, 1.807) is 6.07 Å². The number of hydrogen-bond acceptors (Lipinski definition) is 3. The number of phenols is 1. The summed E-state index contributed by atoms with van der Waals surface area (Å²) in [6.07, 6.45) is 0.145. The normalized spacial score (nSPS) is 16.5. The average Bonchev–Trinajstić information content (AvgIpc) is 3.78. The molecule has 2 aromatic heterocycles. The van der Waals surface area contributed by atoms with Crippen LogP contribution < -0.4 is 0 Å². The van der Waals surface area contributed by atoms with Crippen molar-refractivity contribution in [2.75, 3.05) is 0 Å². The summed E-state index contributed by atoms with van der Waals surface area (Å²) in [4.78, 5) is 9.76. The summed E-state index contributed by atoms with van der Waals surface area (Å²) in [5.74, 6) is 0.506. The first-order valence-corrected chi connectivity index (χ1v) is 20.3. The van der Waals surface area contributed by atoms with E-state index in [4.69, 9.17) is 25.5 Å². The Kier molecular flexibility index (Phi) is 7.70. The van der Waals surface area contributed by atoms with Crippen LogP contribution in [0.15, 0.2) is 133 Å². The fraction of sp³-hybridized carbons (Fsp3) is 0.263. The minimum Gasteiger partial charge on any atom is -0.507 e. The number of hydrogen-bond donors (Lipinski definition) is 1. The zero-order valence-corrected chi connectivity index (χ0v) is 38.2. The van der Waals surface area contributed by atoms with Crippen LogP contribution in [0.25, 0.3) is 72.7 Å². The molecule has 4 nitrogen and oxygen atoms in total. The van der Waals surface area contributed by atoms with Crippen molar-refractivity contribution in [3.63, 3.8) is 0 Å². The molecule has 0 saturated carbocycles. The molecule has 2 heterocycles. The number of pyridine rings is 1. The molecule has 318 valence electrons. The molecule has 0 fully saturated rings. The van der Waals surface area contributed by atoms with Gasteiger partial charge in [-0.05, 0) is 106 Å². The van der Waals surface area contributed by atoms with E-state index in [1.807, 2.05) is 93.8 Å². The van der Waals surface area contributed by atoms with Crippen LogP contribution in [0.3, 0.4) is 0 Å². The number of fused-ring (bicyclic) bond motifs is 1. The fourth-order valence-corrected chi connectivity index (χ4v) is 7.55. The third-order valence-corrected chi connectivity index (χ3v) is 11.5. The van der Waals surface area contributed by atoms with Crippen LogP contribution in [-0.2, 0) is 37.3 Å². The topological polar surface area (TPSA) is 50.9 Å². The second-order valence-electron chi connectivity index (χ2n) is 17.4. The molecule has 5 heteroatoms. The molecule has 8 rings (SSSR count). The van der Waals surface area contributed by atoms with Crippen molar-refractivity contribution in [3.8, 4) is 67.5 Å². The Morgan fingerprint density at radius 2 is 1.42 bits per heavy atom. The predicted molar refractivity (Wildman–Crippen MR) is 257 cm³/mol. The molecule has 0 aliphatic rings. The third kappa shape index (κ3) is 8.60. The van der Waals surface area contributed by atoms with Gasteiger partial charge in [-0.25, -0.2) is 4.98 Å². The second kappa shape index (κ2) is 16.9. The van der Waals surface area contributed by atoms with Crippen LogP contribution >= 0.6 is 0 Å². The van der Waals surface area contributed by atoms with E-state index >= 15 is 0 Å². The summed E-state index contributed by atoms with van der Waals surface area (Å²) in [6.45, 7) is 4.48. The Bertz CT molecular complexity index is 3600. The maximum absolute atomic E-state index is 11.9. The van der Waals surface area contributed by atoms with Crippen molar-refractivity contribution in [3.05, 3.63) is 167 Å². The van der Waals surface area contributed by atoms with Crippen molar-refractivity contribution in [2.24, 2.45) is 0 Å². The van der Waals surface area contributed by atoms with Crippen LogP contribution in [0, 0.1) is 19.9 Å². The number of aromatic hydroxyl groups is 1. The molecular formula is C57H58N3OPt-. The SMILES string of the molecule is [2H]c1nc(-c2[c-]c(-c3cccc4c3nc(-c3cc(C)cc(C)c3O)n4-c3ccc(C(C)(C)CC)cc3-c3ccccc3)cc(C(C)(C)C)c2)c([2H])c(-c2c([2H])c([2H])c(C(C([2H])([2H])[2H])(C([2H])([2H])[2H])C([2H])([2H])[2H])c([2H])c2[2H])c1[2H].[Pt]. The number of nitrogens with zero attached hydrogens (tertiary/aromatic N) is 3. The molecule has 8 aromatic rings. The first kappa shape index (κ1) is 28.2. The van der Waals surface area contributed by atoms with E-state index in [-0.39, 0.29) is 43.5 Å². The van der Waals surface area contributed by atoms with E-state index < -0.39 is 90.5 Å². The number of phenolic OH excluding ortho intramolecular Hbond substituents is 1. The summed E-state index contributed by atoms with van der Waals surface area (Å²) < 4.78 is 140. The van der Waals surface area contributed by atoms with Crippen molar-refractivity contribution in [1.82, 2.24) is 14.5 Å². The third-order valence-electron chi connectivity index (χ3n) is 11.5. The van der Waals surface area contributed by atoms with Crippen molar-refractivity contribution in [2.45, 2.75) is 98.6 Å². The van der Waals surface area contributed by atoms with Gasteiger partial charge in [0, 0.05) is 50.8 Å². The molecule has 0 bridgehead atoms. The van der Waals surface area contributed by atoms with Gasteiger partial charge in [0.1, 0.15) is 11.6 Å². The van der Waals surface area contributed by atoms with Crippen molar-refractivity contribution in [1.29, 1.82) is 0 Å². The monoisotopic (exact) mass is 1010 g/mol. The number of aryl methyl sites for hydroxylation is 2. The quantitative estimate of drug-likeness (QED) is 0.154. The summed E-state index contributed by atoms with van der Waals surface area (Å²) in [7, 11) is 0. The predicted octanol–water partition coefficient (Wildman–Crippen LogP) is 15.2. The average molecular weight is 1010 g/mol. The van der Waals surface area contributed by atoms with Gasteiger partial charge in [-0.3, -0.25) is 9.55 Å². The van der Waals surface area contributed by atoms with Gasteiger partial charge in [-0.1, -0.05) is 158 Å². The Labute approximate surface area is 405 Å². The second-order valence-corrected chi connectivity index (χ2v) is 17.4. The number of para-hydroxylation sites is 1. The number of rotatable bonds is 8. The van der Waals surface area contributed by atoms with E-state index in [1.165, 1.54) is 0 Å². The maximum atomic E-state index is 11.9. The Morgan fingerprint density at radius 1 is 0.694 bits per heavy atom. The molecule has 0 spiro atoms.